The molecule has 2 aromatic carbocycles. The highest BCUT2D eigenvalue weighted by molar-refractivity contribution is 5.93. The van der Waals surface area contributed by atoms with E-state index in [4.69, 9.17) is 4.74 Å². The molecule has 1 heterocycles. The van der Waals surface area contributed by atoms with Gasteiger partial charge in [-0.25, -0.2) is 4.79 Å². The molecular formula is C23H28N2O2. The number of carbonyl (C=O) groups excluding carboxylic acids is 1. The van der Waals surface area contributed by atoms with Gasteiger partial charge in [0.05, 0.1) is 12.7 Å². The first-order valence-corrected chi connectivity index (χ1v) is 9.45. The quantitative estimate of drug-likeness (QED) is 0.495. The van der Waals surface area contributed by atoms with Crippen LogP contribution in [0.3, 0.4) is 0 Å². The monoisotopic (exact) mass is 364 g/mol. The van der Waals surface area contributed by atoms with Crippen molar-refractivity contribution in [1.29, 1.82) is 0 Å². The fourth-order valence-electron chi connectivity index (χ4n) is 3.84. The number of esters is 1. The van der Waals surface area contributed by atoms with E-state index in [0.717, 1.165) is 37.2 Å². The van der Waals surface area contributed by atoms with Crippen molar-refractivity contribution in [2.75, 3.05) is 13.7 Å². The minimum absolute atomic E-state index is 0.259. The lowest BCUT2D eigenvalue weighted by molar-refractivity contribution is 0.0599. The van der Waals surface area contributed by atoms with Gasteiger partial charge in [0.15, 0.2) is 0 Å². The summed E-state index contributed by atoms with van der Waals surface area (Å²) in [6.45, 7) is 8.74. The second-order valence-corrected chi connectivity index (χ2v) is 7.08. The Bertz CT molecular complexity index is 956. The summed E-state index contributed by atoms with van der Waals surface area (Å²) in [5, 5.41) is 4.82. The third kappa shape index (κ3) is 4.06. The molecule has 0 amide bonds. The van der Waals surface area contributed by atoms with Gasteiger partial charge in [0.2, 0.25) is 0 Å². The summed E-state index contributed by atoms with van der Waals surface area (Å²) in [6, 6.07) is 12.7. The zero-order valence-corrected chi connectivity index (χ0v) is 16.6. The molecule has 0 aliphatic rings. The SMILES string of the molecule is COC(=O)c1c(C)cc(C)c(CNCCCn2ccc3ccccc32)c1C. The first-order chi connectivity index (χ1) is 13.0. The van der Waals surface area contributed by atoms with Crippen LogP contribution < -0.4 is 5.32 Å². The van der Waals surface area contributed by atoms with E-state index >= 15 is 0 Å². The number of hydrogen-bond donors (Lipinski definition) is 1. The van der Waals surface area contributed by atoms with E-state index in [1.165, 1.54) is 29.1 Å². The van der Waals surface area contributed by atoms with Gasteiger partial charge in [0.25, 0.3) is 0 Å². The Morgan fingerprint density at radius 3 is 2.67 bits per heavy atom. The second kappa shape index (κ2) is 8.40. The van der Waals surface area contributed by atoms with Crippen LogP contribution in [-0.4, -0.2) is 24.2 Å². The number of carbonyl (C=O) groups is 1. The van der Waals surface area contributed by atoms with Crippen LogP contribution in [0, 0.1) is 20.8 Å². The maximum atomic E-state index is 12.1. The Morgan fingerprint density at radius 2 is 1.89 bits per heavy atom. The number of nitrogens with one attached hydrogen (secondary N) is 1. The summed E-state index contributed by atoms with van der Waals surface area (Å²) in [4.78, 5) is 12.1. The highest BCUT2D eigenvalue weighted by atomic mass is 16.5. The number of aryl methyl sites for hydroxylation is 3. The number of aromatic nitrogens is 1. The van der Waals surface area contributed by atoms with Crippen molar-refractivity contribution in [2.24, 2.45) is 0 Å². The lowest BCUT2D eigenvalue weighted by Gasteiger charge is -2.16. The molecule has 0 aliphatic heterocycles. The zero-order chi connectivity index (χ0) is 19.4. The molecule has 142 valence electrons. The number of ether oxygens (including phenoxy) is 1. The van der Waals surface area contributed by atoms with Crippen LogP contribution in [0.15, 0.2) is 42.6 Å². The van der Waals surface area contributed by atoms with E-state index in [2.05, 4.69) is 59.4 Å². The summed E-state index contributed by atoms with van der Waals surface area (Å²) in [5.41, 5.74) is 6.36. The van der Waals surface area contributed by atoms with Gasteiger partial charge in [0.1, 0.15) is 0 Å². The van der Waals surface area contributed by atoms with Crippen molar-refractivity contribution in [1.82, 2.24) is 9.88 Å². The number of methoxy groups -OCH3 is 1. The maximum Gasteiger partial charge on any atom is 0.338 e. The molecule has 1 aromatic heterocycles. The number of fused-ring (bicyclic) bond motifs is 1. The van der Waals surface area contributed by atoms with E-state index in [1.807, 2.05) is 13.8 Å². The Kier molecular flexibility index (Phi) is 5.97. The van der Waals surface area contributed by atoms with E-state index < -0.39 is 0 Å². The van der Waals surface area contributed by atoms with Crippen molar-refractivity contribution in [3.05, 3.63) is 70.4 Å². The topological polar surface area (TPSA) is 43.3 Å². The van der Waals surface area contributed by atoms with E-state index in [-0.39, 0.29) is 5.97 Å². The molecule has 0 atom stereocenters. The van der Waals surface area contributed by atoms with Gasteiger partial charge >= 0.3 is 5.97 Å². The van der Waals surface area contributed by atoms with Gasteiger partial charge in [-0.1, -0.05) is 24.3 Å². The lowest BCUT2D eigenvalue weighted by atomic mass is 9.93. The molecule has 0 unspecified atom stereocenters. The number of hydrogen-bond acceptors (Lipinski definition) is 3. The zero-order valence-electron chi connectivity index (χ0n) is 16.6. The van der Waals surface area contributed by atoms with Gasteiger partial charge in [-0.3, -0.25) is 0 Å². The average molecular weight is 364 g/mol. The van der Waals surface area contributed by atoms with Gasteiger partial charge < -0.3 is 14.6 Å². The van der Waals surface area contributed by atoms with Crippen LogP contribution in [0.1, 0.15) is 39.0 Å². The van der Waals surface area contributed by atoms with Crippen LogP contribution in [0.4, 0.5) is 0 Å². The number of para-hydroxylation sites is 1. The van der Waals surface area contributed by atoms with Crippen LogP contribution in [0.25, 0.3) is 10.9 Å². The molecule has 1 N–H and O–H groups in total. The fraction of sp³-hybridized carbons (Fsp3) is 0.348. The molecule has 0 spiro atoms. The van der Waals surface area contributed by atoms with Gasteiger partial charge in [-0.15, -0.1) is 0 Å². The molecule has 0 aliphatic carbocycles. The third-order valence-corrected chi connectivity index (χ3v) is 5.26. The minimum atomic E-state index is -0.259. The smallest absolute Gasteiger partial charge is 0.338 e. The maximum absolute atomic E-state index is 12.1. The Hall–Kier alpha value is -2.59. The highest BCUT2D eigenvalue weighted by Gasteiger charge is 2.17. The molecule has 3 aromatic rings. The molecule has 0 bridgehead atoms. The van der Waals surface area contributed by atoms with Crippen molar-refractivity contribution >= 4 is 16.9 Å². The Labute approximate surface area is 161 Å². The average Bonchev–Trinajstić information content (AvgIpc) is 3.06. The summed E-state index contributed by atoms with van der Waals surface area (Å²) in [6.07, 6.45) is 3.20. The Morgan fingerprint density at radius 1 is 1.11 bits per heavy atom. The Balaban J connectivity index is 1.60. The van der Waals surface area contributed by atoms with Crippen molar-refractivity contribution in [3.8, 4) is 0 Å². The van der Waals surface area contributed by atoms with Gasteiger partial charge in [0, 0.05) is 24.8 Å². The molecule has 0 saturated carbocycles. The normalized spacial score (nSPS) is 11.1. The van der Waals surface area contributed by atoms with Crippen LogP contribution in [0.5, 0.6) is 0 Å². The molecule has 4 nitrogen and oxygen atoms in total. The predicted octanol–water partition coefficient (Wildman–Crippen LogP) is 4.53. The van der Waals surface area contributed by atoms with Gasteiger partial charge in [-0.05, 0) is 73.5 Å². The minimum Gasteiger partial charge on any atom is -0.465 e. The molecule has 3 rings (SSSR count). The summed E-state index contributed by atoms with van der Waals surface area (Å²) in [5.74, 6) is -0.259. The third-order valence-electron chi connectivity index (χ3n) is 5.26. The first-order valence-electron chi connectivity index (χ1n) is 9.45. The number of rotatable bonds is 7. The lowest BCUT2D eigenvalue weighted by Crippen LogP contribution is -2.19. The second-order valence-electron chi connectivity index (χ2n) is 7.08. The van der Waals surface area contributed by atoms with Crippen molar-refractivity contribution in [3.63, 3.8) is 0 Å². The molecule has 0 saturated heterocycles. The van der Waals surface area contributed by atoms with Crippen molar-refractivity contribution in [2.45, 2.75) is 40.3 Å². The standard InChI is InChI=1S/C23H28N2O2/c1-16-14-17(2)22(23(26)27-4)18(3)20(16)15-24-11-7-12-25-13-10-19-8-5-6-9-21(19)25/h5-6,8-10,13-14,24H,7,11-12,15H2,1-4H3. The summed E-state index contributed by atoms with van der Waals surface area (Å²) < 4.78 is 7.25. The summed E-state index contributed by atoms with van der Waals surface area (Å²) >= 11 is 0. The highest BCUT2D eigenvalue weighted by Crippen LogP contribution is 2.23. The molecular weight excluding hydrogens is 336 g/mol. The molecule has 4 heteroatoms. The fourth-order valence-corrected chi connectivity index (χ4v) is 3.84. The van der Waals surface area contributed by atoms with Crippen molar-refractivity contribution < 1.29 is 9.53 Å². The van der Waals surface area contributed by atoms with Crippen LogP contribution >= 0.6 is 0 Å². The molecule has 27 heavy (non-hydrogen) atoms. The van der Waals surface area contributed by atoms with E-state index in [9.17, 15) is 4.79 Å². The van der Waals surface area contributed by atoms with E-state index in [1.54, 1.807) is 0 Å². The molecule has 0 radical (unpaired) electrons. The number of nitrogens with zero attached hydrogens (tertiary/aromatic N) is 1. The van der Waals surface area contributed by atoms with Crippen LogP contribution in [-0.2, 0) is 17.8 Å². The largest absolute Gasteiger partial charge is 0.465 e. The van der Waals surface area contributed by atoms with Crippen LogP contribution in [0.2, 0.25) is 0 Å². The summed E-state index contributed by atoms with van der Waals surface area (Å²) in [7, 11) is 1.43. The predicted molar refractivity (Wildman–Crippen MR) is 110 cm³/mol. The molecule has 0 fully saturated rings. The van der Waals surface area contributed by atoms with E-state index in [0.29, 0.717) is 5.56 Å². The van der Waals surface area contributed by atoms with Gasteiger partial charge in [-0.2, -0.15) is 0 Å². The first kappa shape index (κ1) is 19.2. The number of benzene rings is 2.